The van der Waals surface area contributed by atoms with Gasteiger partial charge in [0, 0.05) is 23.7 Å². The van der Waals surface area contributed by atoms with Crippen LogP contribution in [0, 0.1) is 11.3 Å². The minimum absolute atomic E-state index is 0.00365. The number of hydrogen-bond acceptors (Lipinski definition) is 7. The van der Waals surface area contributed by atoms with Crippen LogP contribution in [0.3, 0.4) is 0 Å². The zero-order chi connectivity index (χ0) is 27.2. The van der Waals surface area contributed by atoms with Crippen molar-refractivity contribution in [3.05, 3.63) is 88.9 Å². The fourth-order valence-corrected chi connectivity index (χ4v) is 6.89. The highest BCUT2D eigenvalue weighted by Crippen LogP contribution is 2.30. The molecule has 1 amide bonds. The number of nitrogens with zero attached hydrogens (tertiary/aromatic N) is 1. The van der Waals surface area contributed by atoms with Gasteiger partial charge in [-0.1, -0.05) is 36.4 Å². The minimum Gasteiger partial charge on any atom is -0.593 e. The van der Waals surface area contributed by atoms with Crippen LogP contribution in [0.5, 0.6) is 0 Å². The molecular formula is C29H32N6O2S2. The maximum Gasteiger partial charge on any atom is 0.224 e. The number of aromatic nitrogens is 1. The standard InChI is InChI=1S/C29H32N6O2S2/c30-28(31)21-6-3-5-20(15-21)16-25(29-34-24-9-1-2-10-26(24)38-29)35-39(37)23-8-4-7-22(18-23)33-27(36)17-19-11-13-32-14-12-19/h1-10,15,18-19,25,32,35H,11-14,16-17H2,(H3,30,31)(H,33,36)/t25-,39?/m0/s1. The molecule has 0 bridgehead atoms. The van der Waals surface area contributed by atoms with Crippen LogP contribution >= 0.6 is 11.3 Å². The Morgan fingerprint density at radius 3 is 2.72 bits per heavy atom. The number of thiazole rings is 1. The van der Waals surface area contributed by atoms with Crippen molar-refractivity contribution in [2.45, 2.75) is 36.6 Å². The van der Waals surface area contributed by atoms with Crippen LogP contribution in [-0.2, 0) is 22.6 Å². The molecule has 10 heteroatoms. The van der Waals surface area contributed by atoms with E-state index in [-0.39, 0.29) is 17.8 Å². The van der Waals surface area contributed by atoms with Gasteiger partial charge in [-0.3, -0.25) is 10.2 Å². The summed E-state index contributed by atoms with van der Waals surface area (Å²) in [6.07, 6.45) is 3.01. The highest BCUT2D eigenvalue weighted by atomic mass is 32.2. The molecule has 2 heterocycles. The smallest absolute Gasteiger partial charge is 0.224 e. The molecule has 5 rings (SSSR count). The van der Waals surface area contributed by atoms with E-state index in [0.29, 0.717) is 34.9 Å². The molecule has 6 N–H and O–H groups in total. The van der Waals surface area contributed by atoms with Crippen molar-refractivity contribution in [3.8, 4) is 0 Å². The van der Waals surface area contributed by atoms with Gasteiger partial charge in [-0.05, 0) is 74.2 Å². The van der Waals surface area contributed by atoms with Crippen LogP contribution in [0.25, 0.3) is 10.2 Å². The monoisotopic (exact) mass is 560 g/mol. The zero-order valence-corrected chi connectivity index (χ0v) is 23.1. The van der Waals surface area contributed by atoms with Crippen molar-refractivity contribution in [1.29, 1.82) is 5.41 Å². The van der Waals surface area contributed by atoms with Crippen LogP contribution in [0.15, 0.2) is 77.7 Å². The van der Waals surface area contributed by atoms with Crippen LogP contribution in [-0.4, -0.2) is 34.4 Å². The molecular weight excluding hydrogens is 528 g/mol. The molecule has 3 aromatic carbocycles. The van der Waals surface area contributed by atoms with Crippen LogP contribution in [0.1, 0.15) is 41.4 Å². The first-order chi connectivity index (χ1) is 18.9. The van der Waals surface area contributed by atoms with Gasteiger partial charge >= 0.3 is 0 Å². The molecule has 2 atom stereocenters. The first-order valence-corrected chi connectivity index (χ1v) is 15.0. The molecule has 8 nitrogen and oxygen atoms in total. The number of nitrogen functional groups attached to an aromatic ring is 1. The molecule has 0 aliphatic carbocycles. The van der Waals surface area contributed by atoms with Gasteiger partial charge in [-0.25, -0.2) is 4.98 Å². The van der Waals surface area contributed by atoms with Gasteiger partial charge in [0.05, 0.1) is 21.6 Å². The lowest BCUT2D eigenvalue weighted by molar-refractivity contribution is -0.117. The SMILES string of the molecule is N=C(N)c1cccc(C[C@H](N[S+]([O-])c2cccc(NC(=O)CC3CCNCC3)c2)c2nc3ccccc3s2)c1. The average Bonchev–Trinajstić information content (AvgIpc) is 3.38. The van der Waals surface area contributed by atoms with Crippen LogP contribution in [0.2, 0.25) is 0 Å². The molecule has 202 valence electrons. The summed E-state index contributed by atoms with van der Waals surface area (Å²) >= 11 is -0.000746. The lowest BCUT2D eigenvalue weighted by Gasteiger charge is -2.22. The molecule has 39 heavy (non-hydrogen) atoms. The molecule has 1 aliphatic rings. The summed E-state index contributed by atoms with van der Waals surface area (Å²) in [6.45, 7) is 1.90. The number of carbonyl (C=O) groups excluding carboxylic acids is 1. The topological polar surface area (TPSA) is 139 Å². The first-order valence-electron chi connectivity index (χ1n) is 13.0. The molecule has 1 aliphatic heterocycles. The minimum atomic E-state index is -1.56. The first kappa shape index (κ1) is 27.3. The predicted octanol–water partition coefficient (Wildman–Crippen LogP) is 4.50. The number of amidine groups is 1. The maximum atomic E-state index is 13.6. The van der Waals surface area contributed by atoms with E-state index < -0.39 is 11.4 Å². The lowest BCUT2D eigenvalue weighted by atomic mass is 9.94. The number of anilines is 1. The van der Waals surface area contributed by atoms with Crippen molar-refractivity contribution in [1.82, 2.24) is 15.0 Å². The van der Waals surface area contributed by atoms with E-state index in [1.165, 1.54) is 0 Å². The van der Waals surface area contributed by atoms with Crippen molar-refractivity contribution in [2.24, 2.45) is 11.7 Å². The highest BCUT2D eigenvalue weighted by molar-refractivity contribution is 7.89. The summed E-state index contributed by atoms with van der Waals surface area (Å²) < 4.78 is 17.9. The Balaban J connectivity index is 1.33. The van der Waals surface area contributed by atoms with E-state index >= 15 is 0 Å². The third-order valence-corrected chi connectivity index (χ3v) is 9.13. The Morgan fingerprint density at radius 1 is 1.13 bits per heavy atom. The Hall–Kier alpha value is -3.28. The Morgan fingerprint density at radius 2 is 1.92 bits per heavy atom. The van der Waals surface area contributed by atoms with Gasteiger partial charge in [-0.2, -0.15) is 0 Å². The maximum absolute atomic E-state index is 13.6. The summed E-state index contributed by atoms with van der Waals surface area (Å²) in [7, 11) is 0. The van der Waals surface area contributed by atoms with Crippen molar-refractivity contribution >= 4 is 50.3 Å². The number of amides is 1. The third kappa shape index (κ3) is 7.23. The number of nitrogens with one attached hydrogen (secondary N) is 4. The quantitative estimate of drug-likeness (QED) is 0.110. The second kappa shape index (κ2) is 12.7. The molecule has 1 saturated heterocycles. The zero-order valence-electron chi connectivity index (χ0n) is 21.5. The number of para-hydroxylation sites is 1. The number of carbonyl (C=O) groups is 1. The molecule has 0 radical (unpaired) electrons. The fourth-order valence-electron chi connectivity index (χ4n) is 4.77. The number of fused-ring (bicyclic) bond motifs is 1. The Kier molecular flexibility index (Phi) is 8.90. The summed E-state index contributed by atoms with van der Waals surface area (Å²) in [4.78, 5) is 18.0. The van der Waals surface area contributed by atoms with Crippen LogP contribution < -0.4 is 21.1 Å². The molecule has 1 aromatic heterocycles. The highest BCUT2D eigenvalue weighted by Gasteiger charge is 2.25. The van der Waals surface area contributed by atoms with E-state index in [9.17, 15) is 9.35 Å². The lowest BCUT2D eigenvalue weighted by Crippen LogP contribution is -2.30. The van der Waals surface area contributed by atoms with Gasteiger partial charge in [-0.15, -0.1) is 16.1 Å². The van der Waals surface area contributed by atoms with Crippen molar-refractivity contribution in [3.63, 3.8) is 0 Å². The number of piperidine rings is 1. The molecule has 0 spiro atoms. The second-order valence-corrected chi connectivity index (χ2v) is 12.1. The van der Waals surface area contributed by atoms with Gasteiger partial charge in [0.2, 0.25) is 5.91 Å². The second-order valence-electron chi connectivity index (χ2n) is 9.75. The molecule has 1 unspecified atom stereocenters. The van der Waals surface area contributed by atoms with Gasteiger partial charge in [0.25, 0.3) is 0 Å². The fraction of sp³-hybridized carbons (Fsp3) is 0.276. The van der Waals surface area contributed by atoms with Crippen LogP contribution in [0.4, 0.5) is 5.69 Å². The number of nitrogens with two attached hydrogens (primary N) is 1. The van der Waals surface area contributed by atoms with Gasteiger partial charge in [0.1, 0.15) is 16.9 Å². The molecule has 4 aromatic rings. The van der Waals surface area contributed by atoms with E-state index in [2.05, 4.69) is 15.4 Å². The van der Waals surface area contributed by atoms with Gasteiger partial charge in [0.15, 0.2) is 4.90 Å². The average molecular weight is 561 g/mol. The Bertz CT molecular complexity index is 1420. The number of rotatable bonds is 10. The summed E-state index contributed by atoms with van der Waals surface area (Å²) in [5, 5.41) is 14.9. The normalized spacial score (nSPS) is 15.6. The summed E-state index contributed by atoms with van der Waals surface area (Å²) in [6, 6.07) is 22.3. The van der Waals surface area contributed by atoms with Crippen molar-refractivity contribution in [2.75, 3.05) is 18.4 Å². The largest absolute Gasteiger partial charge is 0.593 e. The third-order valence-electron chi connectivity index (χ3n) is 6.80. The van der Waals surface area contributed by atoms with Gasteiger partial charge < -0.3 is 20.9 Å². The van der Waals surface area contributed by atoms with E-state index in [1.807, 2.05) is 48.5 Å². The number of hydrogen-bond donors (Lipinski definition) is 5. The van der Waals surface area contributed by atoms with E-state index in [0.717, 1.165) is 46.7 Å². The summed E-state index contributed by atoms with van der Waals surface area (Å²) in [5.74, 6) is 0.376. The molecule has 0 saturated carbocycles. The number of benzene rings is 3. The molecule has 1 fully saturated rings. The summed E-state index contributed by atoms with van der Waals surface area (Å²) in [5.41, 5.74) is 8.83. The predicted molar refractivity (Wildman–Crippen MR) is 158 cm³/mol. The van der Waals surface area contributed by atoms with E-state index in [1.54, 1.807) is 35.6 Å². The Labute approximate surface area is 235 Å². The van der Waals surface area contributed by atoms with E-state index in [4.69, 9.17) is 16.1 Å². The van der Waals surface area contributed by atoms with Crippen molar-refractivity contribution < 1.29 is 9.35 Å².